The molecule has 3 aromatic rings. The Balaban J connectivity index is 1.72. The largest absolute Gasteiger partial charge is 0.493 e. The van der Waals surface area contributed by atoms with E-state index in [2.05, 4.69) is 10.3 Å². The topological polar surface area (TPSA) is 103 Å². The Morgan fingerprint density at radius 2 is 1.81 bits per heavy atom. The molecule has 0 fully saturated rings. The Labute approximate surface area is 184 Å². The fourth-order valence-corrected chi connectivity index (χ4v) is 3.38. The molecule has 9 nitrogen and oxygen atoms in total. The Kier molecular flexibility index (Phi) is 5.63. The summed E-state index contributed by atoms with van der Waals surface area (Å²) in [6.07, 6.45) is -0.847. The number of hydrogen-bond donors (Lipinski definition) is 0. The summed E-state index contributed by atoms with van der Waals surface area (Å²) in [6.45, 7) is 4.45. The second-order valence-electron chi connectivity index (χ2n) is 7.07. The number of carbonyl (C=O) groups excluding carboxylic acids is 2. The van der Waals surface area contributed by atoms with Crippen LogP contribution in [0.5, 0.6) is 11.5 Å². The van der Waals surface area contributed by atoms with Crippen LogP contribution in [0.25, 0.3) is 11.3 Å². The molecule has 0 bridgehead atoms. The van der Waals surface area contributed by atoms with Gasteiger partial charge in [-0.05, 0) is 25.1 Å². The van der Waals surface area contributed by atoms with Crippen LogP contribution in [0.1, 0.15) is 37.0 Å². The number of benzene rings is 2. The summed E-state index contributed by atoms with van der Waals surface area (Å²) in [4.78, 5) is 23.7. The monoisotopic (exact) mass is 435 g/mol. The highest BCUT2D eigenvalue weighted by atomic mass is 16.6. The second kappa shape index (κ2) is 8.54. The van der Waals surface area contributed by atoms with Crippen LogP contribution in [0.3, 0.4) is 0 Å². The van der Waals surface area contributed by atoms with E-state index in [9.17, 15) is 9.59 Å². The van der Waals surface area contributed by atoms with Gasteiger partial charge in [0.25, 0.3) is 0 Å². The molecule has 1 aromatic heterocycles. The molecule has 1 unspecified atom stereocenters. The van der Waals surface area contributed by atoms with Crippen LogP contribution in [0.4, 0.5) is 0 Å². The minimum atomic E-state index is -0.847. The van der Waals surface area contributed by atoms with Gasteiger partial charge in [-0.15, -0.1) is 5.10 Å². The van der Waals surface area contributed by atoms with E-state index in [0.29, 0.717) is 28.3 Å². The van der Waals surface area contributed by atoms with E-state index >= 15 is 0 Å². The van der Waals surface area contributed by atoms with Crippen molar-refractivity contribution in [2.45, 2.75) is 27.0 Å². The average molecular weight is 435 g/mol. The first-order chi connectivity index (χ1) is 15.4. The van der Waals surface area contributed by atoms with E-state index in [4.69, 9.17) is 18.7 Å². The smallest absolute Gasteiger partial charge is 0.308 e. The predicted molar refractivity (Wildman–Crippen MR) is 114 cm³/mol. The maximum Gasteiger partial charge on any atom is 0.308 e. The molecule has 164 valence electrons. The highest BCUT2D eigenvalue weighted by Gasteiger charge is 2.36. The van der Waals surface area contributed by atoms with Crippen LogP contribution in [-0.2, 0) is 14.3 Å². The maximum absolute atomic E-state index is 12.4. The number of aromatic nitrogens is 1. The zero-order valence-corrected chi connectivity index (χ0v) is 18.0. The van der Waals surface area contributed by atoms with E-state index in [1.807, 2.05) is 30.3 Å². The van der Waals surface area contributed by atoms with Gasteiger partial charge in [0.15, 0.2) is 11.5 Å². The number of carbonyl (C=O) groups is 2. The molecule has 32 heavy (non-hydrogen) atoms. The van der Waals surface area contributed by atoms with E-state index in [-0.39, 0.29) is 17.6 Å². The molecule has 9 heteroatoms. The first kappa shape index (κ1) is 21.1. The molecule has 0 N–H and O–H groups in total. The molecule has 4 rings (SSSR count). The number of rotatable bonds is 5. The third-order valence-electron chi connectivity index (χ3n) is 4.82. The van der Waals surface area contributed by atoms with Gasteiger partial charge < -0.3 is 18.7 Å². The molecule has 0 saturated heterocycles. The molecule has 1 atom stereocenters. The highest BCUT2D eigenvalue weighted by molar-refractivity contribution is 6.02. The molecule has 2 aromatic carbocycles. The number of ether oxygens (including phenoxy) is 3. The van der Waals surface area contributed by atoms with E-state index in [0.717, 1.165) is 5.56 Å². The number of esters is 1. The predicted octanol–water partition coefficient (Wildman–Crippen LogP) is 3.82. The van der Waals surface area contributed by atoms with Crippen molar-refractivity contribution in [3.05, 3.63) is 65.4 Å². The SMILES string of the molecule is COc1cc(C2OC(c3c(-c4ccccc4)noc3C)=NN2C(C)=O)ccc1OC(C)=O. The zero-order valence-electron chi connectivity index (χ0n) is 18.0. The summed E-state index contributed by atoms with van der Waals surface area (Å²) in [5, 5.41) is 9.80. The Bertz CT molecular complexity index is 1200. The number of amides is 1. The lowest BCUT2D eigenvalue weighted by molar-refractivity contribution is -0.135. The third-order valence-corrected chi connectivity index (χ3v) is 4.82. The number of aryl methyl sites for hydroxylation is 1. The summed E-state index contributed by atoms with van der Waals surface area (Å²) in [5.41, 5.74) is 2.54. The number of hydrogen-bond acceptors (Lipinski definition) is 8. The first-order valence-corrected chi connectivity index (χ1v) is 9.82. The van der Waals surface area contributed by atoms with Gasteiger partial charge in [-0.3, -0.25) is 9.59 Å². The number of nitrogens with zero attached hydrogens (tertiary/aromatic N) is 3. The van der Waals surface area contributed by atoms with Crippen molar-refractivity contribution in [2.24, 2.45) is 5.10 Å². The summed E-state index contributed by atoms with van der Waals surface area (Å²) < 4.78 is 22.0. The van der Waals surface area contributed by atoms with Crippen LogP contribution in [0.15, 0.2) is 58.2 Å². The highest BCUT2D eigenvalue weighted by Crippen LogP contribution is 2.37. The standard InChI is InChI=1S/C23H21N3O6/c1-13-20(21(25-32-13)16-8-6-5-7-9-16)22-24-26(14(2)27)23(31-22)17-10-11-18(30-15(3)28)19(12-17)29-4/h5-12,23H,1-4H3. The average Bonchev–Trinajstić information content (AvgIpc) is 3.38. The molecule has 0 saturated carbocycles. The summed E-state index contributed by atoms with van der Waals surface area (Å²) in [7, 11) is 1.46. The molecular weight excluding hydrogens is 414 g/mol. The number of methoxy groups -OCH3 is 1. The number of hydrazone groups is 1. The minimum absolute atomic E-state index is 0.214. The van der Waals surface area contributed by atoms with Gasteiger partial charge in [0.1, 0.15) is 17.0 Å². The molecule has 0 radical (unpaired) electrons. The van der Waals surface area contributed by atoms with Gasteiger partial charge in [0.2, 0.25) is 18.0 Å². The van der Waals surface area contributed by atoms with Crippen molar-refractivity contribution in [1.82, 2.24) is 10.2 Å². The van der Waals surface area contributed by atoms with Crippen molar-refractivity contribution in [3.8, 4) is 22.8 Å². The van der Waals surface area contributed by atoms with Gasteiger partial charge in [0.05, 0.1) is 7.11 Å². The molecule has 1 amide bonds. The van der Waals surface area contributed by atoms with Crippen LogP contribution >= 0.6 is 0 Å². The lowest BCUT2D eigenvalue weighted by atomic mass is 10.1. The Morgan fingerprint density at radius 3 is 2.47 bits per heavy atom. The third kappa shape index (κ3) is 3.92. The van der Waals surface area contributed by atoms with E-state index in [1.54, 1.807) is 25.1 Å². The normalized spacial score (nSPS) is 15.2. The van der Waals surface area contributed by atoms with Crippen LogP contribution in [-0.4, -0.2) is 35.0 Å². The van der Waals surface area contributed by atoms with Crippen molar-refractivity contribution in [2.75, 3.05) is 7.11 Å². The molecular formula is C23H21N3O6. The van der Waals surface area contributed by atoms with Crippen molar-refractivity contribution in [1.29, 1.82) is 0 Å². The van der Waals surface area contributed by atoms with Crippen LogP contribution in [0, 0.1) is 6.92 Å². The van der Waals surface area contributed by atoms with Gasteiger partial charge in [0, 0.05) is 25.0 Å². The lowest BCUT2D eigenvalue weighted by Gasteiger charge is -2.20. The molecule has 2 heterocycles. The first-order valence-electron chi connectivity index (χ1n) is 9.82. The zero-order chi connectivity index (χ0) is 22.8. The Hall–Kier alpha value is -4.14. The molecule has 0 aliphatic carbocycles. The molecule has 0 spiro atoms. The van der Waals surface area contributed by atoms with Crippen LogP contribution in [0.2, 0.25) is 0 Å². The van der Waals surface area contributed by atoms with Gasteiger partial charge >= 0.3 is 5.97 Å². The van der Waals surface area contributed by atoms with Gasteiger partial charge in [-0.2, -0.15) is 5.01 Å². The van der Waals surface area contributed by atoms with Gasteiger partial charge in [-0.25, -0.2) is 0 Å². The molecule has 1 aliphatic rings. The van der Waals surface area contributed by atoms with E-state index in [1.165, 1.54) is 26.0 Å². The summed E-state index contributed by atoms with van der Waals surface area (Å²) >= 11 is 0. The quantitative estimate of drug-likeness (QED) is 0.443. The summed E-state index contributed by atoms with van der Waals surface area (Å²) in [5.74, 6) is 0.521. The van der Waals surface area contributed by atoms with Crippen molar-refractivity contribution >= 4 is 17.8 Å². The maximum atomic E-state index is 12.4. The Morgan fingerprint density at radius 1 is 1.06 bits per heavy atom. The second-order valence-corrected chi connectivity index (χ2v) is 7.07. The minimum Gasteiger partial charge on any atom is -0.493 e. The molecule has 1 aliphatic heterocycles. The van der Waals surface area contributed by atoms with Crippen LogP contribution < -0.4 is 9.47 Å². The lowest BCUT2D eigenvalue weighted by Crippen LogP contribution is -2.25. The van der Waals surface area contributed by atoms with Crippen molar-refractivity contribution in [3.63, 3.8) is 0 Å². The fourth-order valence-electron chi connectivity index (χ4n) is 3.38. The van der Waals surface area contributed by atoms with E-state index < -0.39 is 12.2 Å². The van der Waals surface area contributed by atoms with Crippen molar-refractivity contribution < 1.29 is 28.3 Å². The fraction of sp³-hybridized carbons (Fsp3) is 0.217. The van der Waals surface area contributed by atoms with Gasteiger partial charge in [-0.1, -0.05) is 35.5 Å². The summed E-state index contributed by atoms with van der Waals surface area (Å²) in [6, 6.07) is 14.4.